The van der Waals surface area contributed by atoms with Crippen LogP contribution in [-0.2, 0) is 4.74 Å². The van der Waals surface area contributed by atoms with E-state index in [1.165, 1.54) is 5.69 Å². The summed E-state index contributed by atoms with van der Waals surface area (Å²) >= 11 is 0. The van der Waals surface area contributed by atoms with Gasteiger partial charge in [0.15, 0.2) is 0 Å². The molecule has 0 unspecified atom stereocenters. The maximum absolute atomic E-state index is 9.66. The van der Waals surface area contributed by atoms with E-state index in [0.717, 1.165) is 54.1 Å². The summed E-state index contributed by atoms with van der Waals surface area (Å²) in [4.78, 5) is 6.68. The highest BCUT2D eigenvalue weighted by Gasteiger charge is 2.29. The van der Waals surface area contributed by atoms with Crippen LogP contribution >= 0.6 is 0 Å². The Hall–Kier alpha value is -3.61. The monoisotopic (exact) mass is 383 g/mol. The molecule has 0 spiro atoms. The SMILES string of the molecule is CC1=C(C#N)c2nc(N)c(C#N)c(C)c2/C1=C/c1ccc(N2CCOCC2)cc1. The van der Waals surface area contributed by atoms with Gasteiger partial charge in [0, 0.05) is 24.3 Å². The van der Waals surface area contributed by atoms with Crippen molar-refractivity contribution in [3.63, 3.8) is 0 Å². The first-order valence-electron chi connectivity index (χ1n) is 9.52. The number of nitrogens with two attached hydrogens (primary N) is 1. The number of nitrogen functional groups attached to an aromatic ring is 1. The Kier molecular flexibility index (Phi) is 4.80. The zero-order valence-corrected chi connectivity index (χ0v) is 16.5. The molecule has 4 rings (SSSR count). The van der Waals surface area contributed by atoms with Crippen LogP contribution in [0.5, 0.6) is 0 Å². The second-order valence-electron chi connectivity index (χ2n) is 7.19. The van der Waals surface area contributed by atoms with Crippen LogP contribution in [0.4, 0.5) is 11.5 Å². The topological polar surface area (TPSA) is 99.0 Å². The molecule has 2 aliphatic rings. The number of hydrogen-bond donors (Lipinski definition) is 1. The van der Waals surface area contributed by atoms with Crippen LogP contribution in [0, 0.1) is 29.6 Å². The van der Waals surface area contributed by atoms with Crippen molar-refractivity contribution in [3.05, 3.63) is 57.8 Å². The molecule has 0 saturated carbocycles. The number of benzene rings is 1. The average Bonchev–Trinajstić information content (AvgIpc) is 3.00. The molecule has 1 fully saturated rings. The molecule has 6 nitrogen and oxygen atoms in total. The number of anilines is 2. The zero-order valence-electron chi connectivity index (χ0n) is 16.5. The van der Waals surface area contributed by atoms with E-state index < -0.39 is 0 Å². The molecule has 2 aromatic rings. The molecule has 1 aromatic heterocycles. The number of nitrogens with zero attached hydrogens (tertiary/aromatic N) is 4. The first-order chi connectivity index (χ1) is 14.0. The maximum atomic E-state index is 9.66. The van der Waals surface area contributed by atoms with Crippen LogP contribution in [0.15, 0.2) is 29.8 Å². The average molecular weight is 383 g/mol. The van der Waals surface area contributed by atoms with E-state index in [4.69, 9.17) is 10.5 Å². The minimum atomic E-state index is 0.167. The largest absolute Gasteiger partial charge is 0.383 e. The summed E-state index contributed by atoms with van der Waals surface area (Å²) in [5, 5.41) is 19.1. The van der Waals surface area contributed by atoms with E-state index in [-0.39, 0.29) is 5.82 Å². The van der Waals surface area contributed by atoms with Crippen LogP contribution < -0.4 is 10.6 Å². The molecule has 0 radical (unpaired) electrons. The van der Waals surface area contributed by atoms with Crippen molar-refractivity contribution >= 4 is 28.7 Å². The molecule has 29 heavy (non-hydrogen) atoms. The van der Waals surface area contributed by atoms with Gasteiger partial charge in [-0.3, -0.25) is 0 Å². The first-order valence-corrected chi connectivity index (χ1v) is 9.52. The summed E-state index contributed by atoms with van der Waals surface area (Å²) in [6, 6.07) is 12.7. The van der Waals surface area contributed by atoms with E-state index in [2.05, 4.69) is 46.3 Å². The van der Waals surface area contributed by atoms with Crippen molar-refractivity contribution < 1.29 is 4.74 Å². The van der Waals surface area contributed by atoms with Crippen LogP contribution in [0.3, 0.4) is 0 Å². The van der Waals surface area contributed by atoms with Gasteiger partial charge in [-0.2, -0.15) is 10.5 Å². The predicted octanol–water partition coefficient (Wildman–Crippen LogP) is 3.53. The van der Waals surface area contributed by atoms with E-state index in [1.54, 1.807) is 0 Å². The molecule has 1 aliphatic carbocycles. The number of nitriles is 2. The molecule has 144 valence electrons. The molecule has 1 aromatic carbocycles. The van der Waals surface area contributed by atoms with Crippen LogP contribution in [0.2, 0.25) is 0 Å². The molecule has 6 heteroatoms. The molecular formula is C23H21N5O. The second-order valence-corrected chi connectivity index (χ2v) is 7.19. The molecule has 1 aliphatic heterocycles. The highest BCUT2D eigenvalue weighted by molar-refractivity contribution is 6.08. The summed E-state index contributed by atoms with van der Waals surface area (Å²) in [6.07, 6.45) is 2.05. The van der Waals surface area contributed by atoms with Crippen molar-refractivity contribution in [3.8, 4) is 12.1 Å². The Labute approximate surface area is 170 Å². The minimum Gasteiger partial charge on any atom is -0.383 e. The summed E-state index contributed by atoms with van der Waals surface area (Å²) in [7, 11) is 0. The Morgan fingerprint density at radius 3 is 2.41 bits per heavy atom. The normalized spacial score (nSPS) is 17.2. The molecular weight excluding hydrogens is 362 g/mol. The second kappa shape index (κ2) is 7.43. The third kappa shape index (κ3) is 3.14. The molecule has 2 N–H and O–H groups in total. The Morgan fingerprint density at radius 1 is 1.10 bits per heavy atom. The number of aromatic nitrogens is 1. The van der Waals surface area contributed by atoms with Gasteiger partial charge >= 0.3 is 0 Å². The van der Waals surface area contributed by atoms with Gasteiger partial charge in [0.1, 0.15) is 18.0 Å². The van der Waals surface area contributed by atoms with E-state index in [1.807, 2.05) is 19.9 Å². The van der Waals surface area contributed by atoms with E-state index >= 15 is 0 Å². The van der Waals surface area contributed by atoms with E-state index in [9.17, 15) is 10.5 Å². The van der Waals surface area contributed by atoms with Gasteiger partial charge < -0.3 is 15.4 Å². The lowest BCUT2D eigenvalue weighted by molar-refractivity contribution is 0.122. The standard InChI is InChI=1S/C23H21N5O/c1-14-18(11-16-3-5-17(6-4-16)28-7-9-29-10-8-28)21-15(2)20(13-25)23(26)27-22(21)19(14)12-24/h3-6,11H,7-10H2,1-2H3,(H2,26,27)/b18-11+. The number of allylic oxidation sites excluding steroid dienone is 3. The number of morpholine rings is 1. The Morgan fingerprint density at radius 2 is 1.79 bits per heavy atom. The summed E-state index contributed by atoms with van der Waals surface area (Å²) in [5.41, 5.74) is 12.9. The van der Waals surface area contributed by atoms with Crippen molar-refractivity contribution in [2.45, 2.75) is 13.8 Å². The van der Waals surface area contributed by atoms with Gasteiger partial charge in [-0.1, -0.05) is 12.1 Å². The van der Waals surface area contributed by atoms with Gasteiger partial charge in [0.25, 0.3) is 0 Å². The summed E-state index contributed by atoms with van der Waals surface area (Å²) < 4.78 is 5.42. The molecule has 1 saturated heterocycles. The Balaban J connectivity index is 1.78. The van der Waals surface area contributed by atoms with Crippen molar-refractivity contribution in [2.75, 3.05) is 36.9 Å². The number of hydrogen-bond acceptors (Lipinski definition) is 6. The van der Waals surface area contributed by atoms with Gasteiger partial charge in [0.05, 0.1) is 30.0 Å². The summed E-state index contributed by atoms with van der Waals surface area (Å²) in [6.45, 7) is 7.06. The highest BCUT2D eigenvalue weighted by atomic mass is 16.5. The number of pyridine rings is 1. The van der Waals surface area contributed by atoms with Gasteiger partial charge in [-0.05, 0) is 54.3 Å². The van der Waals surface area contributed by atoms with Gasteiger partial charge in [-0.25, -0.2) is 4.98 Å². The smallest absolute Gasteiger partial charge is 0.142 e. The van der Waals surface area contributed by atoms with Crippen molar-refractivity contribution in [2.24, 2.45) is 0 Å². The minimum absolute atomic E-state index is 0.167. The fourth-order valence-corrected chi connectivity index (χ4v) is 3.97. The molecule has 0 bridgehead atoms. The zero-order chi connectivity index (χ0) is 20.5. The molecule has 0 amide bonds. The van der Waals surface area contributed by atoms with Crippen molar-refractivity contribution in [1.82, 2.24) is 4.98 Å². The van der Waals surface area contributed by atoms with Crippen LogP contribution in [0.1, 0.15) is 34.9 Å². The summed E-state index contributed by atoms with van der Waals surface area (Å²) in [5.74, 6) is 0.167. The third-order valence-electron chi connectivity index (χ3n) is 5.56. The lowest BCUT2D eigenvalue weighted by Gasteiger charge is -2.28. The first kappa shape index (κ1) is 18.7. The van der Waals surface area contributed by atoms with Crippen molar-refractivity contribution in [1.29, 1.82) is 10.5 Å². The Bertz CT molecular complexity index is 1120. The predicted molar refractivity (Wildman–Crippen MR) is 114 cm³/mol. The fraction of sp³-hybridized carbons (Fsp3) is 0.261. The fourth-order valence-electron chi connectivity index (χ4n) is 3.97. The number of ether oxygens (including phenoxy) is 1. The highest BCUT2D eigenvalue weighted by Crippen LogP contribution is 2.44. The quantitative estimate of drug-likeness (QED) is 0.852. The lowest BCUT2D eigenvalue weighted by Crippen LogP contribution is -2.36. The number of rotatable bonds is 2. The number of fused-ring (bicyclic) bond motifs is 1. The third-order valence-corrected chi connectivity index (χ3v) is 5.56. The maximum Gasteiger partial charge on any atom is 0.142 e. The molecule has 2 heterocycles. The van der Waals surface area contributed by atoms with Gasteiger partial charge in [-0.15, -0.1) is 0 Å². The molecule has 0 atom stereocenters. The van der Waals surface area contributed by atoms with Crippen LogP contribution in [-0.4, -0.2) is 31.3 Å². The lowest BCUT2D eigenvalue weighted by atomic mass is 9.95. The van der Waals surface area contributed by atoms with Crippen LogP contribution in [0.25, 0.3) is 17.2 Å². The van der Waals surface area contributed by atoms with E-state index in [0.29, 0.717) is 16.8 Å². The van der Waals surface area contributed by atoms with Gasteiger partial charge in [0.2, 0.25) is 0 Å².